The van der Waals surface area contributed by atoms with Crippen molar-refractivity contribution in [2.45, 2.75) is 38.0 Å². The maximum absolute atomic E-state index is 11.9. The zero-order chi connectivity index (χ0) is 11.4. The first-order valence-electron chi connectivity index (χ1n) is 5.94. The minimum Gasteiger partial charge on any atom is -0.469 e. The number of esters is 1. The van der Waals surface area contributed by atoms with Gasteiger partial charge in [-0.25, -0.2) is 0 Å². The third kappa shape index (κ3) is 2.46. The average Bonchev–Trinajstić information content (AvgIpc) is 2.84. The van der Waals surface area contributed by atoms with Gasteiger partial charge in [-0.05, 0) is 30.2 Å². The summed E-state index contributed by atoms with van der Waals surface area (Å²) in [6.07, 6.45) is 6.15. The first-order chi connectivity index (χ1) is 7.83. The highest BCUT2D eigenvalue weighted by molar-refractivity contribution is 7.10. The molecule has 16 heavy (non-hydrogen) atoms. The molecule has 88 valence electrons. The van der Waals surface area contributed by atoms with Crippen molar-refractivity contribution in [3.05, 3.63) is 22.4 Å². The molecule has 0 spiro atoms. The number of carbonyl (C=O) groups excluding carboxylic acids is 1. The lowest BCUT2D eigenvalue weighted by Gasteiger charge is -2.27. The van der Waals surface area contributed by atoms with E-state index in [1.165, 1.54) is 31.2 Å². The van der Waals surface area contributed by atoms with Crippen molar-refractivity contribution in [3.8, 4) is 0 Å². The second-order valence-electron chi connectivity index (χ2n) is 4.41. The van der Waals surface area contributed by atoms with E-state index < -0.39 is 0 Å². The molecule has 1 fully saturated rings. The van der Waals surface area contributed by atoms with Crippen LogP contribution in [0.4, 0.5) is 0 Å². The van der Waals surface area contributed by atoms with Gasteiger partial charge in [0.1, 0.15) is 0 Å². The molecule has 1 heterocycles. The molecule has 2 nitrogen and oxygen atoms in total. The van der Waals surface area contributed by atoms with E-state index in [0.717, 1.165) is 12.8 Å². The normalized spacial score (nSPS) is 19.3. The number of rotatable bonds is 3. The first-order valence-corrected chi connectivity index (χ1v) is 6.82. The van der Waals surface area contributed by atoms with Gasteiger partial charge < -0.3 is 4.74 Å². The molecule has 0 radical (unpaired) electrons. The summed E-state index contributed by atoms with van der Waals surface area (Å²) in [6.45, 7) is 0. The van der Waals surface area contributed by atoms with Crippen molar-refractivity contribution in [2.75, 3.05) is 7.11 Å². The van der Waals surface area contributed by atoms with Crippen LogP contribution >= 0.6 is 11.3 Å². The smallest absolute Gasteiger partial charge is 0.314 e. The Morgan fingerprint density at radius 1 is 1.44 bits per heavy atom. The van der Waals surface area contributed by atoms with Crippen molar-refractivity contribution >= 4 is 17.3 Å². The Balaban J connectivity index is 2.17. The molecule has 0 bridgehead atoms. The molecule has 1 unspecified atom stereocenters. The van der Waals surface area contributed by atoms with Crippen molar-refractivity contribution in [1.29, 1.82) is 0 Å². The molecule has 0 amide bonds. The van der Waals surface area contributed by atoms with E-state index in [0.29, 0.717) is 5.92 Å². The van der Waals surface area contributed by atoms with Crippen LogP contribution in [0.25, 0.3) is 0 Å². The molecular weight excluding hydrogens is 220 g/mol. The van der Waals surface area contributed by atoms with Gasteiger partial charge in [0.2, 0.25) is 0 Å². The summed E-state index contributed by atoms with van der Waals surface area (Å²) in [7, 11) is 1.49. The molecule has 1 aromatic rings. The van der Waals surface area contributed by atoms with Crippen LogP contribution in [0.15, 0.2) is 17.5 Å². The Morgan fingerprint density at radius 3 is 2.75 bits per heavy atom. The summed E-state index contributed by atoms with van der Waals surface area (Å²) in [5.74, 6) is 0.402. The number of carbonyl (C=O) groups is 1. The van der Waals surface area contributed by atoms with Crippen molar-refractivity contribution in [2.24, 2.45) is 5.92 Å². The van der Waals surface area contributed by atoms with Crippen LogP contribution in [-0.4, -0.2) is 13.1 Å². The number of methoxy groups -OCH3 is 1. The summed E-state index contributed by atoms with van der Waals surface area (Å²) in [6, 6.07) is 4.07. The molecule has 3 heteroatoms. The third-order valence-corrected chi connectivity index (χ3v) is 4.38. The van der Waals surface area contributed by atoms with E-state index in [4.69, 9.17) is 4.74 Å². The van der Waals surface area contributed by atoms with Crippen LogP contribution in [0, 0.1) is 5.92 Å². The maximum Gasteiger partial charge on any atom is 0.314 e. The molecule has 1 aliphatic carbocycles. The summed E-state index contributed by atoms with van der Waals surface area (Å²) < 4.78 is 4.96. The molecule has 1 atom stereocenters. The van der Waals surface area contributed by atoms with Crippen molar-refractivity contribution < 1.29 is 9.53 Å². The quantitative estimate of drug-likeness (QED) is 0.752. The Kier molecular flexibility index (Phi) is 3.99. The molecular formula is C13H18O2S. The van der Waals surface area contributed by atoms with Crippen molar-refractivity contribution in [3.63, 3.8) is 0 Å². The molecule has 0 aromatic carbocycles. The Hall–Kier alpha value is -0.830. The average molecular weight is 238 g/mol. The van der Waals surface area contributed by atoms with E-state index in [-0.39, 0.29) is 11.9 Å². The second-order valence-corrected chi connectivity index (χ2v) is 5.39. The first kappa shape index (κ1) is 11.6. The highest BCUT2D eigenvalue weighted by atomic mass is 32.1. The van der Waals surface area contributed by atoms with E-state index in [9.17, 15) is 4.79 Å². The lowest BCUT2D eigenvalue weighted by molar-refractivity contribution is -0.144. The number of ether oxygens (including phenoxy) is 1. The summed E-state index contributed by atoms with van der Waals surface area (Å²) in [5, 5.41) is 2.04. The van der Waals surface area contributed by atoms with Gasteiger partial charge in [0, 0.05) is 4.88 Å². The lowest BCUT2D eigenvalue weighted by Crippen LogP contribution is -2.24. The summed E-state index contributed by atoms with van der Waals surface area (Å²) >= 11 is 1.67. The second kappa shape index (κ2) is 5.48. The van der Waals surface area contributed by atoms with Gasteiger partial charge in [-0.3, -0.25) is 4.79 Å². The molecule has 0 aliphatic heterocycles. The molecule has 2 rings (SSSR count). The Bertz CT molecular complexity index is 326. The standard InChI is InChI=1S/C13H18O2S/c1-15-13(14)12(11-8-5-9-16-11)10-6-3-2-4-7-10/h5,8-10,12H,2-4,6-7H2,1H3. The zero-order valence-electron chi connectivity index (χ0n) is 9.65. The predicted octanol–water partition coefficient (Wildman–Crippen LogP) is 3.59. The highest BCUT2D eigenvalue weighted by Crippen LogP contribution is 2.38. The van der Waals surface area contributed by atoms with Gasteiger partial charge in [-0.2, -0.15) is 0 Å². The van der Waals surface area contributed by atoms with Gasteiger partial charge in [0.05, 0.1) is 13.0 Å². The van der Waals surface area contributed by atoms with Crippen LogP contribution in [0.1, 0.15) is 42.9 Å². The zero-order valence-corrected chi connectivity index (χ0v) is 10.5. The predicted molar refractivity (Wildman–Crippen MR) is 65.7 cm³/mol. The van der Waals surface area contributed by atoms with Crippen LogP contribution in [-0.2, 0) is 9.53 Å². The lowest BCUT2D eigenvalue weighted by atomic mass is 9.79. The van der Waals surface area contributed by atoms with E-state index >= 15 is 0 Å². The summed E-state index contributed by atoms with van der Waals surface area (Å²) in [4.78, 5) is 13.1. The topological polar surface area (TPSA) is 26.3 Å². The minimum atomic E-state index is -0.0608. The molecule has 1 aromatic heterocycles. The monoisotopic (exact) mass is 238 g/mol. The minimum absolute atomic E-state index is 0.0229. The fourth-order valence-electron chi connectivity index (χ4n) is 2.60. The van der Waals surface area contributed by atoms with Gasteiger partial charge in [0.15, 0.2) is 0 Å². The molecule has 0 N–H and O–H groups in total. The number of hydrogen-bond acceptors (Lipinski definition) is 3. The molecule has 1 aliphatic rings. The summed E-state index contributed by atoms with van der Waals surface area (Å²) in [5.41, 5.74) is 0. The van der Waals surface area contributed by atoms with Crippen LogP contribution in [0.5, 0.6) is 0 Å². The van der Waals surface area contributed by atoms with E-state index in [1.807, 2.05) is 11.4 Å². The van der Waals surface area contributed by atoms with Crippen LogP contribution < -0.4 is 0 Å². The van der Waals surface area contributed by atoms with Crippen LogP contribution in [0.2, 0.25) is 0 Å². The Morgan fingerprint density at radius 2 is 2.19 bits per heavy atom. The molecule has 1 saturated carbocycles. The Labute approximate surface area is 101 Å². The fraction of sp³-hybridized carbons (Fsp3) is 0.615. The fourth-order valence-corrected chi connectivity index (χ4v) is 3.51. The SMILES string of the molecule is COC(=O)C(c1cccs1)C1CCCCC1. The van der Waals surface area contributed by atoms with E-state index in [1.54, 1.807) is 11.3 Å². The van der Waals surface area contributed by atoms with Gasteiger partial charge in [-0.1, -0.05) is 25.3 Å². The van der Waals surface area contributed by atoms with Gasteiger partial charge in [0.25, 0.3) is 0 Å². The van der Waals surface area contributed by atoms with Crippen molar-refractivity contribution in [1.82, 2.24) is 0 Å². The van der Waals surface area contributed by atoms with Crippen LogP contribution in [0.3, 0.4) is 0 Å². The third-order valence-electron chi connectivity index (χ3n) is 3.43. The maximum atomic E-state index is 11.9. The highest BCUT2D eigenvalue weighted by Gasteiger charge is 2.32. The van der Waals surface area contributed by atoms with Gasteiger partial charge in [-0.15, -0.1) is 11.3 Å². The number of thiophene rings is 1. The largest absolute Gasteiger partial charge is 0.469 e. The van der Waals surface area contributed by atoms with E-state index in [2.05, 4.69) is 6.07 Å². The molecule has 0 saturated heterocycles. The van der Waals surface area contributed by atoms with Gasteiger partial charge >= 0.3 is 5.97 Å². The number of hydrogen-bond donors (Lipinski definition) is 0.